The Morgan fingerprint density at radius 2 is 2.31 bits per heavy atom. The molecule has 0 spiro atoms. The average molecular weight is 252 g/mol. The minimum Gasteiger partial charge on any atom is -0.416 e. The number of alkyl halides is 2. The first-order valence-corrected chi connectivity index (χ1v) is 3.99. The predicted molar refractivity (Wildman–Crippen MR) is 44.0 cm³/mol. The quantitative estimate of drug-likeness (QED) is 0.774. The van der Waals surface area contributed by atoms with Gasteiger partial charge in [-0.3, -0.25) is 4.79 Å². The summed E-state index contributed by atoms with van der Waals surface area (Å²) in [5, 5.41) is 0. The molecule has 0 amide bonds. The van der Waals surface area contributed by atoms with E-state index in [2.05, 4.69) is 25.7 Å². The standard InChI is InChI=1S/C7H4BrF2NO2/c8-5-4(3-12)1-2-11-6(5)13-7(9)10/h1-3,7H. The van der Waals surface area contributed by atoms with E-state index in [9.17, 15) is 13.6 Å². The number of pyridine rings is 1. The molecule has 0 saturated carbocycles. The van der Waals surface area contributed by atoms with Gasteiger partial charge in [0.25, 0.3) is 0 Å². The molecule has 0 saturated heterocycles. The van der Waals surface area contributed by atoms with Crippen molar-refractivity contribution in [1.29, 1.82) is 0 Å². The van der Waals surface area contributed by atoms with Crippen LogP contribution in [0.1, 0.15) is 10.4 Å². The summed E-state index contributed by atoms with van der Waals surface area (Å²) in [5.41, 5.74) is 0.214. The maximum absolute atomic E-state index is 11.8. The van der Waals surface area contributed by atoms with E-state index in [4.69, 9.17) is 0 Å². The highest BCUT2D eigenvalue weighted by Gasteiger charge is 2.11. The van der Waals surface area contributed by atoms with Crippen molar-refractivity contribution >= 4 is 22.2 Å². The molecule has 1 rings (SSSR count). The molecule has 0 atom stereocenters. The second kappa shape index (κ2) is 4.27. The first-order valence-electron chi connectivity index (χ1n) is 3.19. The molecule has 70 valence electrons. The van der Waals surface area contributed by atoms with Crippen LogP contribution >= 0.6 is 15.9 Å². The molecule has 0 fully saturated rings. The number of carbonyl (C=O) groups is 1. The Hall–Kier alpha value is -1.04. The molecule has 0 aromatic carbocycles. The van der Waals surface area contributed by atoms with Crippen LogP contribution in [-0.4, -0.2) is 17.9 Å². The van der Waals surface area contributed by atoms with Crippen LogP contribution in [0.5, 0.6) is 5.88 Å². The zero-order chi connectivity index (χ0) is 9.84. The summed E-state index contributed by atoms with van der Waals surface area (Å²) in [4.78, 5) is 13.9. The lowest BCUT2D eigenvalue weighted by molar-refractivity contribution is -0.0534. The predicted octanol–water partition coefficient (Wildman–Crippen LogP) is 2.26. The van der Waals surface area contributed by atoms with E-state index >= 15 is 0 Å². The highest BCUT2D eigenvalue weighted by atomic mass is 79.9. The molecule has 0 N–H and O–H groups in total. The molecule has 3 nitrogen and oxygen atoms in total. The lowest BCUT2D eigenvalue weighted by Crippen LogP contribution is -2.04. The molecule has 6 heteroatoms. The molecule has 0 bridgehead atoms. The van der Waals surface area contributed by atoms with E-state index in [-0.39, 0.29) is 15.9 Å². The van der Waals surface area contributed by atoms with Crippen molar-refractivity contribution < 1.29 is 18.3 Å². The van der Waals surface area contributed by atoms with Crippen molar-refractivity contribution in [2.75, 3.05) is 0 Å². The molecule has 1 heterocycles. The summed E-state index contributed by atoms with van der Waals surface area (Å²) in [7, 11) is 0. The summed E-state index contributed by atoms with van der Waals surface area (Å²) in [6, 6.07) is 1.38. The number of hydrogen-bond donors (Lipinski definition) is 0. The van der Waals surface area contributed by atoms with Gasteiger partial charge in [0.1, 0.15) is 0 Å². The molecule has 0 aliphatic carbocycles. The normalized spacial score (nSPS) is 10.2. The third-order valence-electron chi connectivity index (χ3n) is 1.21. The van der Waals surface area contributed by atoms with E-state index in [1.165, 1.54) is 12.3 Å². The second-order valence-electron chi connectivity index (χ2n) is 2.02. The molecule has 1 aromatic heterocycles. The number of nitrogens with zero attached hydrogens (tertiary/aromatic N) is 1. The fraction of sp³-hybridized carbons (Fsp3) is 0.143. The Bertz CT molecular complexity index is 319. The van der Waals surface area contributed by atoms with E-state index < -0.39 is 6.61 Å². The molecule has 0 aliphatic rings. The van der Waals surface area contributed by atoms with E-state index in [0.29, 0.717) is 6.29 Å². The first-order chi connectivity index (χ1) is 6.15. The van der Waals surface area contributed by atoms with Crippen molar-refractivity contribution in [1.82, 2.24) is 4.98 Å². The number of hydrogen-bond acceptors (Lipinski definition) is 3. The Morgan fingerprint density at radius 1 is 1.62 bits per heavy atom. The fourth-order valence-corrected chi connectivity index (χ4v) is 1.12. The third-order valence-corrected chi connectivity index (χ3v) is 2.01. The Kier molecular flexibility index (Phi) is 3.30. The van der Waals surface area contributed by atoms with Crippen LogP contribution in [-0.2, 0) is 0 Å². The van der Waals surface area contributed by atoms with Gasteiger partial charge in [-0.25, -0.2) is 4.98 Å². The summed E-state index contributed by atoms with van der Waals surface area (Å²) < 4.78 is 27.7. The van der Waals surface area contributed by atoms with Gasteiger partial charge in [-0.2, -0.15) is 8.78 Å². The summed E-state index contributed by atoms with van der Waals surface area (Å²) in [5.74, 6) is -0.292. The zero-order valence-corrected chi connectivity index (χ0v) is 7.79. The first kappa shape index (κ1) is 10.0. The van der Waals surface area contributed by atoms with Gasteiger partial charge in [0.15, 0.2) is 6.29 Å². The average Bonchev–Trinajstić information content (AvgIpc) is 2.08. The van der Waals surface area contributed by atoms with Crippen LogP contribution in [0.2, 0.25) is 0 Å². The molecule has 13 heavy (non-hydrogen) atoms. The molecule has 1 aromatic rings. The summed E-state index contributed by atoms with van der Waals surface area (Å²) in [6.45, 7) is -2.95. The van der Waals surface area contributed by atoms with Gasteiger partial charge in [0, 0.05) is 11.8 Å². The number of aldehydes is 1. The van der Waals surface area contributed by atoms with Gasteiger partial charge in [-0.15, -0.1) is 0 Å². The molecular weight excluding hydrogens is 248 g/mol. The van der Waals surface area contributed by atoms with Crippen LogP contribution in [0.25, 0.3) is 0 Å². The van der Waals surface area contributed by atoms with E-state index in [1.807, 2.05) is 0 Å². The van der Waals surface area contributed by atoms with Gasteiger partial charge in [0.2, 0.25) is 5.88 Å². The smallest absolute Gasteiger partial charge is 0.388 e. The van der Waals surface area contributed by atoms with Crippen molar-refractivity contribution in [3.8, 4) is 5.88 Å². The highest BCUT2D eigenvalue weighted by Crippen LogP contribution is 2.26. The maximum Gasteiger partial charge on any atom is 0.388 e. The van der Waals surface area contributed by atoms with Gasteiger partial charge in [-0.1, -0.05) is 0 Å². The van der Waals surface area contributed by atoms with Crippen LogP contribution in [0.4, 0.5) is 8.78 Å². The number of aromatic nitrogens is 1. The van der Waals surface area contributed by atoms with Crippen molar-refractivity contribution in [3.05, 3.63) is 22.3 Å². The highest BCUT2D eigenvalue weighted by molar-refractivity contribution is 9.10. The fourth-order valence-electron chi connectivity index (χ4n) is 0.696. The summed E-state index contributed by atoms with van der Waals surface area (Å²) in [6.07, 6.45) is 1.73. The van der Waals surface area contributed by atoms with Crippen molar-refractivity contribution in [3.63, 3.8) is 0 Å². The number of rotatable bonds is 3. The van der Waals surface area contributed by atoms with Gasteiger partial charge in [0.05, 0.1) is 4.47 Å². The largest absolute Gasteiger partial charge is 0.416 e. The molecular formula is C7H4BrF2NO2. The van der Waals surface area contributed by atoms with E-state index in [0.717, 1.165) is 0 Å². The molecule has 0 unspecified atom stereocenters. The SMILES string of the molecule is O=Cc1ccnc(OC(F)F)c1Br. The second-order valence-corrected chi connectivity index (χ2v) is 2.81. The number of carbonyl (C=O) groups excluding carboxylic acids is 1. The lowest BCUT2D eigenvalue weighted by atomic mass is 10.3. The minimum absolute atomic E-state index is 0.130. The Balaban J connectivity index is 3.01. The van der Waals surface area contributed by atoms with Gasteiger partial charge >= 0.3 is 6.61 Å². The van der Waals surface area contributed by atoms with Gasteiger partial charge in [-0.05, 0) is 22.0 Å². The maximum atomic E-state index is 11.8. The Morgan fingerprint density at radius 3 is 2.85 bits per heavy atom. The van der Waals surface area contributed by atoms with Crippen LogP contribution in [0.3, 0.4) is 0 Å². The van der Waals surface area contributed by atoms with Crippen molar-refractivity contribution in [2.45, 2.75) is 6.61 Å². The minimum atomic E-state index is -2.95. The lowest BCUT2D eigenvalue weighted by Gasteiger charge is -2.05. The summed E-state index contributed by atoms with van der Waals surface area (Å²) >= 11 is 2.92. The molecule has 0 radical (unpaired) electrons. The van der Waals surface area contributed by atoms with Crippen LogP contribution in [0.15, 0.2) is 16.7 Å². The van der Waals surface area contributed by atoms with Crippen LogP contribution in [0, 0.1) is 0 Å². The third kappa shape index (κ3) is 2.45. The van der Waals surface area contributed by atoms with Crippen molar-refractivity contribution in [2.24, 2.45) is 0 Å². The van der Waals surface area contributed by atoms with Gasteiger partial charge < -0.3 is 4.74 Å². The van der Waals surface area contributed by atoms with Crippen LogP contribution < -0.4 is 4.74 Å². The zero-order valence-electron chi connectivity index (χ0n) is 6.21. The monoisotopic (exact) mass is 251 g/mol. The van der Waals surface area contributed by atoms with E-state index in [1.54, 1.807) is 0 Å². The molecule has 0 aliphatic heterocycles. The number of halogens is 3. The number of ether oxygens (including phenoxy) is 1. The topological polar surface area (TPSA) is 39.2 Å². The Labute approximate surface area is 80.9 Å².